The number of unbranched alkanes of at least 4 members (excludes halogenated alkanes) is 50. The van der Waals surface area contributed by atoms with E-state index in [9.17, 15) is 19.8 Å². The van der Waals surface area contributed by atoms with Gasteiger partial charge in [-0.05, 0) is 96.3 Å². The van der Waals surface area contributed by atoms with E-state index in [-0.39, 0.29) is 18.5 Å². The minimum atomic E-state index is -0.845. The van der Waals surface area contributed by atoms with Crippen LogP contribution >= 0.6 is 0 Å². The summed E-state index contributed by atoms with van der Waals surface area (Å²) in [7, 11) is 0. The Morgan fingerprint density at radius 1 is 0.337 bits per heavy atom. The molecule has 0 saturated heterocycles. The summed E-state index contributed by atoms with van der Waals surface area (Å²) in [6.07, 6.45) is 96.0. The van der Waals surface area contributed by atoms with E-state index in [4.69, 9.17) is 4.74 Å². The summed E-state index contributed by atoms with van der Waals surface area (Å²) in [6, 6.07) is -0.629. The lowest BCUT2D eigenvalue weighted by Crippen LogP contribution is -2.45. The molecule has 0 heterocycles. The summed E-state index contributed by atoms with van der Waals surface area (Å²) in [5, 5.41) is 23.2. The Morgan fingerprint density at radius 3 is 0.940 bits per heavy atom. The average Bonchev–Trinajstić information content (AvgIpc) is 3.49. The van der Waals surface area contributed by atoms with Crippen LogP contribution in [-0.2, 0) is 14.3 Å². The largest absolute Gasteiger partial charge is 0.466 e. The number of esters is 1. The highest BCUT2D eigenvalue weighted by Crippen LogP contribution is 2.18. The molecule has 2 atom stereocenters. The first-order chi connectivity index (χ1) is 41.0. The number of aliphatic hydroxyl groups is 2. The van der Waals surface area contributed by atoms with Crippen LogP contribution in [0.15, 0.2) is 60.8 Å². The highest BCUT2D eigenvalue weighted by Gasteiger charge is 2.18. The van der Waals surface area contributed by atoms with Crippen molar-refractivity contribution < 1.29 is 24.5 Å². The molecule has 0 aliphatic carbocycles. The van der Waals surface area contributed by atoms with Gasteiger partial charge in [0.25, 0.3) is 0 Å². The van der Waals surface area contributed by atoms with Gasteiger partial charge in [-0.2, -0.15) is 0 Å². The van der Waals surface area contributed by atoms with E-state index in [1.165, 1.54) is 308 Å². The van der Waals surface area contributed by atoms with Crippen LogP contribution in [0.25, 0.3) is 0 Å². The molecular weight excluding hydrogens is 1020 g/mol. The fourth-order valence-corrected chi connectivity index (χ4v) is 11.3. The number of aliphatic hydroxyl groups excluding tert-OH is 2. The number of amides is 1. The van der Waals surface area contributed by atoms with Crippen LogP contribution in [0.2, 0.25) is 0 Å². The van der Waals surface area contributed by atoms with Crippen molar-refractivity contribution >= 4 is 11.9 Å². The Kier molecular flexibility index (Phi) is 69.9. The predicted octanol–water partition coefficient (Wildman–Crippen LogP) is 24.2. The molecule has 83 heavy (non-hydrogen) atoms. The maximum atomic E-state index is 12.5. The third kappa shape index (κ3) is 68.5. The number of carbonyl (C=O) groups excluding carboxylic acids is 2. The Labute approximate surface area is 518 Å². The standard InChI is InChI=1S/C77H143NO5/c1-3-5-7-9-11-13-15-17-19-21-35-39-43-47-51-55-59-63-67-71-77(82)83-72-68-64-60-56-52-48-44-40-37-34-32-30-28-26-24-22-23-25-27-29-31-33-36-38-42-46-50-54-58-62-66-70-76(81)78-74(73-79)75(80)69-65-61-57-53-49-45-41-20-18-16-14-12-10-8-6-4-2/h11,13,17,19,24,26,30,32,65,69,74-75,79-80H,3-10,12,14-16,18,20-23,25,27-29,31,33-64,66-68,70-73H2,1-2H3,(H,78,81)/b13-11-,19-17-,26-24-,32-30-,69-65+. The molecule has 0 saturated carbocycles. The predicted molar refractivity (Wildman–Crippen MR) is 365 cm³/mol. The van der Waals surface area contributed by atoms with Crippen molar-refractivity contribution in [2.45, 2.75) is 405 Å². The van der Waals surface area contributed by atoms with E-state index >= 15 is 0 Å². The highest BCUT2D eigenvalue weighted by molar-refractivity contribution is 5.76. The normalized spacial score (nSPS) is 12.9. The Hall–Kier alpha value is -2.44. The number of ether oxygens (including phenoxy) is 1. The third-order valence-electron chi connectivity index (χ3n) is 17.0. The van der Waals surface area contributed by atoms with Crippen molar-refractivity contribution in [1.29, 1.82) is 0 Å². The zero-order valence-corrected chi connectivity index (χ0v) is 55.7. The Balaban J connectivity index is 3.40. The summed E-state index contributed by atoms with van der Waals surface area (Å²) < 4.78 is 5.50. The number of carbonyl (C=O) groups is 2. The molecule has 3 N–H and O–H groups in total. The minimum absolute atomic E-state index is 0.00913. The molecule has 0 rings (SSSR count). The van der Waals surface area contributed by atoms with E-state index < -0.39 is 12.1 Å². The topological polar surface area (TPSA) is 95.9 Å². The lowest BCUT2D eigenvalue weighted by Gasteiger charge is -2.20. The van der Waals surface area contributed by atoms with Gasteiger partial charge in [-0.1, -0.05) is 344 Å². The van der Waals surface area contributed by atoms with Gasteiger partial charge in [-0.15, -0.1) is 0 Å². The molecule has 486 valence electrons. The van der Waals surface area contributed by atoms with E-state index in [0.717, 1.165) is 57.8 Å². The molecule has 2 unspecified atom stereocenters. The lowest BCUT2D eigenvalue weighted by atomic mass is 10.0. The van der Waals surface area contributed by atoms with Crippen molar-refractivity contribution in [3.8, 4) is 0 Å². The molecule has 0 fully saturated rings. The summed E-state index contributed by atoms with van der Waals surface area (Å²) in [6.45, 7) is 4.90. The van der Waals surface area contributed by atoms with Crippen molar-refractivity contribution in [3.63, 3.8) is 0 Å². The molecule has 0 spiro atoms. The van der Waals surface area contributed by atoms with Crippen molar-refractivity contribution in [2.24, 2.45) is 0 Å². The van der Waals surface area contributed by atoms with Gasteiger partial charge >= 0.3 is 5.97 Å². The maximum Gasteiger partial charge on any atom is 0.305 e. The smallest absolute Gasteiger partial charge is 0.305 e. The van der Waals surface area contributed by atoms with E-state index in [0.29, 0.717) is 19.4 Å². The van der Waals surface area contributed by atoms with Gasteiger partial charge in [-0.3, -0.25) is 9.59 Å². The summed E-state index contributed by atoms with van der Waals surface area (Å²) >= 11 is 0. The van der Waals surface area contributed by atoms with Crippen molar-refractivity contribution in [3.05, 3.63) is 60.8 Å². The quantitative estimate of drug-likeness (QED) is 0.0320. The summed E-state index contributed by atoms with van der Waals surface area (Å²) in [5.74, 6) is -0.0563. The van der Waals surface area contributed by atoms with Gasteiger partial charge in [0.1, 0.15) is 0 Å². The van der Waals surface area contributed by atoms with Gasteiger partial charge in [0.2, 0.25) is 5.91 Å². The fourth-order valence-electron chi connectivity index (χ4n) is 11.3. The average molecular weight is 1160 g/mol. The fraction of sp³-hybridized carbons (Fsp3) is 0.844. The van der Waals surface area contributed by atoms with Crippen LogP contribution in [-0.4, -0.2) is 47.4 Å². The molecule has 0 aromatic rings. The van der Waals surface area contributed by atoms with Gasteiger partial charge in [0, 0.05) is 12.8 Å². The molecule has 0 aromatic carbocycles. The number of hydrogen-bond donors (Lipinski definition) is 3. The van der Waals surface area contributed by atoms with Crippen LogP contribution < -0.4 is 5.32 Å². The Bertz CT molecular complexity index is 1430. The van der Waals surface area contributed by atoms with Gasteiger partial charge in [0.15, 0.2) is 0 Å². The molecule has 0 aromatic heterocycles. The van der Waals surface area contributed by atoms with Crippen LogP contribution in [0, 0.1) is 0 Å². The third-order valence-corrected chi connectivity index (χ3v) is 17.0. The van der Waals surface area contributed by atoms with Crippen LogP contribution in [0.4, 0.5) is 0 Å². The van der Waals surface area contributed by atoms with E-state index in [2.05, 4.69) is 67.8 Å². The summed E-state index contributed by atoms with van der Waals surface area (Å²) in [5.41, 5.74) is 0. The second-order valence-electron chi connectivity index (χ2n) is 25.3. The zero-order chi connectivity index (χ0) is 59.9. The van der Waals surface area contributed by atoms with Crippen molar-refractivity contribution in [1.82, 2.24) is 5.32 Å². The van der Waals surface area contributed by atoms with Crippen LogP contribution in [0.3, 0.4) is 0 Å². The molecule has 0 aliphatic rings. The molecule has 1 amide bonds. The van der Waals surface area contributed by atoms with Crippen LogP contribution in [0.5, 0.6) is 0 Å². The molecule has 0 bridgehead atoms. The first-order valence-electron chi connectivity index (χ1n) is 37.1. The molecule has 6 heteroatoms. The second-order valence-corrected chi connectivity index (χ2v) is 25.3. The SMILES string of the molecule is CCCCC/C=C\C/C=C\CCCCCCCCCCCC(=O)OCCCCCCCCCCC/C=C\C/C=C\CCCCCCCCCCCCCCCCCC(=O)NC(CO)C(O)/C=C/CCCCCCCCCCCCCCCC. The molecule has 0 aliphatic heterocycles. The first-order valence-corrected chi connectivity index (χ1v) is 37.1. The van der Waals surface area contributed by atoms with E-state index in [1.807, 2.05) is 6.08 Å². The molecule has 6 nitrogen and oxygen atoms in total. The number of hydrogen-bond acceptors (Lipinski definition) is 5. The van der Waals surface area contributed by atoms with Gasteiger partial charge in [0.05, 0.1) is 25.4 Å². The zero-order valence-electron chi connectivity index (χ0n) is 55.7. The van der Waals surface area contributed by atoms with Gasteiger partial charge in [-0.25, -0.2) is 0 Å². The van der Waals surface area contributed by atoms with Gasteiger partial charge < -0.3 is 20.3 Å². The highest BCUT2D eigenvalue weighted by atomic mass is 16.5. The molecule has 0 radical (unpaired) electrons. The first kappa shape index (κ1) is 80.6. The monoisotopic (exact) mass is 1160 g/mol. The minimum Gasteiger partial charge on any atom is -0.466 e. The van der Waals surface area contributed by atoms with Crippen molar-refractivity contribution in [2.75, 3.05) is 13.2 Å². The van der Waals surface area contributed by atoms with Crippen LogP contribution in [0.1, 0.15) is 393 Å². The number of allylic oxidation sites excluding steroid dienone is 9. The lowest BCUT2D eigenvalue weighted by molar-refractivity contribution is -0.143. The maximum absolute atomic E-state index is 12.5. The Morgan fingerprint density at radius 2 is 0.602 bits per heavy atom. The molecular formula is C77H143NO5. The van der Waals surface area contributed by atoms with E-state index in [1.54, 1.807) is 6.08 Å². The second kappa shape index (κ2) is 72.0. The summed E-state index contributed by atoms with van der Waals surface area (Å²) in [4.78, 5) is 24.6. The number of rotatable bonds is 69. The number of nitrogens with one attached hydrogen (secondary N) is 1.